The van der Waals surface area contributed by atoms with Crippen molar-refractivity contribution in [1.82, 2.24) is 4.90 Å². The average molecular weight is 362 g/mol. The molecule has 1 amide bonds. The zero-order valence-corrected chi connectivity index (χ0v) is 14.8. The molecule has 2 aromatic carbocycles. The summed E-state index contributed by atoms with van der Waals surface area (Å²) in [4.78, 5) is 14.2. The number of para-hydroxylation sites is 1. The molecular weight excluding hydrogens is 342 g/mol. The number of benzene rings is 2. The molecule has 132 valence electrons. The molecule has 0 saturated carbocycles. The van der Waals surface area contributed by atoms with E-state index in [1.807, 2.05) is 25.1 Å². The molecular formula is C19H20ClNO4. The van der Waals surface area contributed by atoms with Gasteiger partial charge in [-0.15, -0.1) is 0 Å². The van der Waals surface area contributed by atoms with E-state index in [1.165, 1.54) is 0 Å². The van der Waals surface area contributed by atoms with E-state index in [-0.39, 0.29) is 12.5 Å². The van der Waals surface area contributed by atoms with E-state index in [0.29, 0.717) is 37.1 Å². The van der Waals surface area contributed by atoms with Crippen molar-refractivity contribution in [1.29, 1.82) is 0 Å². The van der Waals surface area contributed by atoms with Gasteiger partial charge < -0.3 is 19.1 Å². The fraction of sp³-hybridized carbons (Fsp3) is 0.316. The molecule has 5 nitrogen and oxygen atoms in total. The molecule has 0 saturated heterocycles. The molecule has 0 aromatic heterocycles. The first-order chi connectivity index (χ1) is 12.2. The molecule has 0 fully saturated rings. The lowest BCUT2D eigenvalue weighted by molar-refractivity contribution is -0.133. The molecule has 6 heteroatoms. The quantitative estimate of drug-likeness (QED) is 0.789. The number of ether oxygens (including phenoxy) is 3. The SMILES string of the molecule is CCN(Cc1cccc2c1OCCO2)C(=O)COc1cccc(Cl)c1. The van der Waals surface area contributed by atoms with E-state index >= 15 is 0 Å². The first-order valence-electron chi connectivity index (χ1n) is 8.21. The normalized spacial score (nSPS) is 12.6. The van der Waals surface area contributed by atoms with Crippen LogP contribution in [0.2, 0.25) is 5.02 Å². The van der Waals surface area contributed by atoms with Crippen LogP contribution in [-0.4, -0.2) is 37.2 Å². The van der Waals surface area contributed by atoms with Gasteiger partial charge in [0.1, 0.15) is 19.0 Å². The number of hydrogen-bond donors (Lipinski definition) is 0. The van der Waals surface area contributed by atoms with Crippen LogP contribution in [0.3, 0.4) is 0 Å². The highest BCUT2D eigenvalue weighted by atomic mass is 35.5. The number of halogens is 1. The maximum atomic E-state index is 12.5. The van der Waals surface area contributed by atoms with Crippen LogP contribution in [0.5, 0.6) is 17.2 Å². The lowest BCUT2D eigenvalue weighted by Gasteiger charge is -2.25. The molecule has 0 radical (unpaired) electrons. The molecule has 0 atom stereocenters. The van der Waals surface area contributed by atoms with Crippen LogP contribution in [-0.2, 0) is 11.3 Å². The molecule has 0 unspecified atom stereocenters. The topological polar surface area (TPSA) is 48.0 Å². The number of nitrogens with zero attached hydrogens (tertiary/aromatic N) is 1. The van der Waals surface area contributed by atoms with Crippen LogP contribution in [0.25, 0.3) is 0 Å². The first kappa shape index (κ1) is 17.4. The first-order valence-corrected chi connectivity index (χ1v) is 8.59. The maximum absolute atomic E-state index is 12.5. The number of hydrogen-bond acceptors (Lipinski definition) is 4. The Hall–Kier alpha value is -2.40. The Labute approximate surface area is 152 Å². The molecule has 0 N–H and O–H groups in total. The van der Waals surface area contributed by atoms with Crippen molar-refractivity contribution in [3.8, 4) is 17.2 Å². The monoisotopic (exact) mass is 361 g/mol. The van der Waals surface area contributed by atoms with Crippen molar-refractivity contribution in [2.24, 2.45) is 0 Å². The Bertz CT molecular complexity index is 750. The van der Waals surface area contributed by atoms with Gasteiger partial charge in [-0.25, -0.2) is 0 Å². The molecule has 1 aliphatic heterocycles. The van der Waals surface area contributed by atoms with E-state index in [9.17, 15) is 4.79 Å². The van der Waals surface area contributed by atoms with Gasteiger partial charge in [-0.1, -0.05) is 29.8 Å². The fourth-order valence-electron chi connectivity index (χ4n) is 2.63. The molecule has 2 aromatic rings. The largest absolute Gasteiger partial charge is 0.486 e. The zero-order chi connectivity index (χ0) is 17.6. The Morgan fingerprint density at radius 3 is 2.80 bits per heavy atom. The number of carbonyl (C=O) groups excluding carboxylic acids is 1. The van der Waals surface area contributed by atoms with E-state index < -0.39 is 0 Å². The summed E-state index contributed by atoms with van der Waals surface area (Å²) in [7, 11) is 0. The summed E-state index contributed by atoms with van der Waals surface area (Å²) in [5, 5.41) is 0.574. The standard InChI is InChI=1S/C19H20ClNO4/c1-2-21(18(22)13-25-16-7-4-6-15(20)11-16)12-14-5-3-8-17-19(14)24-10-9-23-17/h3-8,11H,2,9-10,12-13H2,1H3. The van der Waals surface area contributed by atoms with Crippen molar-refractivity contribution in [2.75, 3.05) is 26.4 Å². The minimum Gasteiger partial charge on any atom is -0.486 e. The molecule has 25 heavy (non-hydrogen) atoms. The highest BCUT2D eigenvalue weighted by Gasteiger charge is 2.19. The number of carbonyl (C=O) groups is 1. The van der Waals surface area contributed by atoms with E-state index in [1.54, 1.807) is 29.2 Å². The van der Waals surface area contributed by atoms with Gasteiger partial charge in [0.15, 0.2) is 18.1 Å². The minimum absolute atomic E-state index is 0.0411. The van der Waals surface area contributed by atoms with Gasteiger partial charge in [0.25, 0.3) is 5.91 Å². The van der Waals surface area contributed by atoms with Gasteiger partial charge in [0, 0.05) is 23.7 Å². The van der Waals surface area contributed by atoms with Crippen LogP contribution in [0, 0.1) is 0 Å². The van der Waals surface area contributed by atoms with Crippen LogP contribution >= 0.6 is 11.6 Å². The Morgan fingerprint density at radius 2 is 2.00 bits per heavy atom. The van der Waals surface area contributed by atoms with Crippen molar-refractivity contribution >= 4 is 17.5 Å². The summed E-state index contributed by atoms with van der Waals surface area (Å²) in [5.41, 5.74) is 0.926. The summed E-state index contributed by atoms with van der Waals surface area (Å²) < 4.78 is 16.9. The van der Waals surface area contributed by atoms with Gasteiger partial charge in [0.05, 0.1) is 0 Å². The number of fused-ring (bicyclic) bond motifs is 1. The molecule has 0 bridgehead atoms. The van der Waals surface area contributed by atoms with Gasteiger partial charge in [0.2, 0.25) is 0 Å². The predicted octanol–water partition coefficient (Wildman–Crippen LogP) is 3.54. The van der Waals surface area contributed by atoms with Gasteiger partial charge >= 0.3 is 0 Å². The fourth-order valence-corrected chi connectivity index (χ4v) is 2.81. The summed E-state index contributed by atoms with van der Waals surface area (Å²) in [6.07, 6.45) is 0. The third kappa shape index (κ3) is 4.37. The van der Waals surface area contributed by atoms with E-state index in [4.69, 9.17) is 25.8 Å². The second-order valence-electron chi connectivity index (χ2n) is 5.60. The number of amides is 1. The van der Waals surface area contributed by atoms with Crippen molar-refractivity contribution in [3.05, 3.63) is 53.1 Å². The van der Waals surface area contributed by atoms with Gasteiger partial charge in [-0.2, -0.15) is 0 Å². The third-order valence-electron chi connectivity index (χ3n) is 3.90. The Morgan fingerprint density at radius 1 is 1.20 bits per heavy atom. The van der Waals surface area contributed by atoms with E-state index in [0.717, 1.165) is 17.1 Å². The molecule has 1 aliphatic rings. The lowest BCUT2D eigenvalue weighted by Crippen LogP contribution is -2.34. The van der Waals surface area contributed by atoms with E-state index in [2.05, 4.69) is 0 Å². The lowest BCUT2D eigenvalue weighted by atomic mass is 10.1. The number of likely N-dealkylation sites (N-methyl/N-ethyl adjacent to an activating group) is 1. The maximum Gasteiger partial charge on any atom is 0.260 e. The van der Waals surface area contributed by atoms with Crippen LogP contribution in [0.15, 0.2) is 42.5 Å². The minimum atomic E-state index is -0.100. The second kappa shape index (κ2) is 8.12. The zero-order valence-electron chi connectivity index (χ0n) is 14.0. The summed E-state index contributed by atoms with van der Waals surface area (Å²) in [5.74, 6) is 1.92. The second-order valence-corrected chi connectivity index (χ2v) is 6.03. The molecule has 1 heterocycles. The van der Waals surface area contributed by atoms with Crippen LogP contribution in [0.1, 0.15) is 12.5 Å². The smallest absolute Gasteiger partial charge is 0.260 e. The molecule has 0 aliphatic carbocycles. The number of rotatable bonds is 6. The van der Waals surface area contributed by atoms with Crippen LogP contribution in [0.4, 0.5) is 0 Å². The Kier molecular flexibility index (Phi) is 5.66. The Balaban J connectivity index is 1.65. The predicted molar refractivity (Wildman–Crippen MR) is 95.5 cm³/mol. The summed E-state index contributed by atoms with van der Waals surface area (Å²) in [6, 6.07) is 12.7. The highest BCUT2D eigenvalue weighted by molar-refractivity contribution is 6.30. The summed E-state index contributed by atoms with van der Waals surface area (Å²) in [6.45, 7) is 3.97. The molecule has 3 rings (SSSR count). The van der Waals surface area contributed by atoms with Crippen molar-refractivity contribution in [3.63, 3.8) is 0 Å². The van der Waals surface area contributed by atoms with Crippen molar-refractivity contribution < 1.29 is 19.0 Å². The highest BCUT2D eigenvalue weighted by Crippen LogP contribution is 2.34. The molecule has 0 spiro atoms. The van der Waals surface area contributed by atoms with Crippen LogP contribution < -0.4 is 14.2 Å². The van der Waals surface area contributed by atoms with Gasteiger partial charge in [-0.3, -0.25) is 4.79 Å². The summed E-state index contributed by atoms with van der Waals surface area (Å²) >= 11 is 5.92. The van der Waals surface area contributed by atoms with Crippen molar-refractivity contribution in [2.45, 2.75) is 13.5 Å². The average Bonchev–Trinajstić information content (AvgIpc) is 2.64. The third-order valence-corrected chi connectivity index (χ3v) is 4.14. The van der Waals surface area contributed by atoms with Gasteiger partial charge in [-0.05, 0) is 31.2 Å².